The van der Waals surface area contributed by atoms with Gasteiger partial charge in [0.2, 0.25) is 5.91 Å². The van der Waals surface area contributed by atoms with Gasteiger partial charge in [0.25, 0.3) is 0 Å². The molecule has 0 bridgehead atoms. The van der Waals surface area contributed by atoms with Crippen molar-refractivity contribution in [2.24, 2.45) is 4.99 Å². The molecule has 10 nitrogen and oxygen atoms in total. The maximum Gasteiger partial charge on any atom is 0.573 e. The van der Waals surface area contributed by atoms with E-state index in [2.05, 4.69) is 25.1 Å². The summed E-state index contributed by atoms with van der Waals surface area (Å²) in [6.45, 7) is 7.68. The number of alkyl halides is 3. The van der Waals surface area contributed by atoms with Crippen molar-refractivity contribution >= 4 is 40.2 Å². The fraction of sp³-hybridized carbons (Fsp3) is 0.258. The van der Waals surface area contributed by atoms with Gasteiger partial charge in [-0.15, -0.1) is 18.3 Å². The number of benzene rings is 3. The Kier molecular flexibility index (Phi) is 8.87. The SMILES string of the molecule is COc1ccc(C(C)C)c(N2C(=O)CS/C2=N\C(=O)Nc2c(C)cc(-c3ncn(-c4ccc(OC(F)(F)F)cc4)n3)cc2C)c1. The van der Waals surface area contributed by atoms with E-state index in [1.807, 2.05) is 39.8 Å². The summed E-state index contributed by atoms with van der Waals surface area (Å²) < 4.78 is 48.1. The fourth-order valence-electron chi connectivity index (χ4n) is 4.85. The van der Waals surface area contributed by atoms with Gasteiger partial charge in [-0.2, -0.15) is 4.99 Å². The highest BCUT2D eigenvalue weighted by atomic mass is 32.2. The first-order valence-electron chi connectivity index (χ1n) is 13.8. The summed E-state index contributed by atoms with van der Waals surface area (Å²) >= 11 is 1.19. The molecule has 0 saturated carbocycles. The molecule has 14 heteroatoms. The Morgan fingerprint density at radius 1 is 1.04 bits per heavy atom. The lowest BCUT2D eigenvalue weighted by atomic mass is 10.00. The number of amidine groups is 1. The van der Waals surface area contributed by atoms with Crippen molar-refractivity contribution in [2.75, 3.05) is 23.1 Å². The minimum absolute atomic E-state index is 0.113. The van der Waals surface area contributed by atoms with Gasteiger partial charge in [-0.1, -0.05) is 31.7 Å². The van der Waals surface area contributed by atoms with E-state index in [-0.39, 0.29) is 28.5 Å². The van der Waals surface area contributed by atoms with Crippen molar-refractivity contribution in [3.05, 3.63) is 77.6 Å². The van der Waals surface area contributed by atoms with E-state index in [0.717, 1.165) is 16.7 Å². The number of hydrogen-bond donors (Lipinski definition) is 1. The highest BCUT2D eigenvalue weighted by molar-refractivity contribution is 8.15. The van der Waals surface area contributed by atoms with Gasteiger partial charge in [0.05, 0.1) is 24.2 Å². The smallest absolute Gasteiger partial charge is 0.497 e. The molecule has 234 valence electrons. The summed E-state index contributed by atoms with van der Waals surface area (Å²) in [5.41, 5.74) is 4.72. The third-order valence-corrected chi connectivity index (χ3v) is 7.84. The molecule has 1 N–H and O–H groups in total. The molecule has 1 aliphatic rings. The second-order valence-electron chi connectivity index (χ2n) is 10.5. The number of carbonyl (C=O) groups is 2. The number of aromatic nitrogens is 3. The highest BCUT2D eigenvalue weighted by Gasteiger charge is 2.33. The van der Waals surface area contributed by atoms with Crippen LogP contribution in [0.5, 0.6) is 11.5 Å². The molecule has 0 spiro atoms. The average molecular weight is 639 g/mol. The van der Waals surface area contributed by atoms with Crippen LogP contribution in [0.3, 0.4) is 0 Å². The largest absolute Gasteiger partial charge is 0.573 e. The van der Waals surface area contributed by atoms with Gasteiger partial charge >= 0.3 is 12.4 Å². The number of nitrogens with zero attached hydrogens (tertiary/aromatic N) is 5. The Labute approximate surface area is 261 Å². The molecular weight excluding hydrogens is 609 g/mol. The lowest BCUT2D eigenvalue weighted by Crippen LogP contribution is -2.31. The van der Waals surface area contributed by atoms with Crippen LogP contribution in [0.25, 0.3) is 17.1 Å². The quantitative estimate of drug-likeness (QED) is 0.227. The number of anilines is 2. The Hall–Kier alpha value is -4.85. The standard InChI is InChI=1S/C31H29F3N6O4S/c1-17(2)24-11-10-23(43-5)14-25(24)40-26(41)15-45-30(40)37-29(42)36-27-18(3)12-20(13-19(27)4)28-35-16-39(38-28)21-6-8-22(9-7-21)44-31(32,33)34/h6-14,16-17H,15H2,1-5H3,(H,36,42)/b37-30-. The number of ether oxygens (including phenoxy) is 2. The van der Waals surface area contributed by atoms with Crippen LogP contribution in [0.15, 0.2) is 65.9 Å². The van der Waals surface area contributed by atoms with Gasteiger partial charge in [0, 0.05) is 17.3 Å². The van der Waals surface area contributed by atoms with E-state index in [4.69, 9.17) is 4.74 Å². The average Bonchev–Trinajstić information content (AvgIpc) is 3.61. The van der Waals surface area contributed by atoms with Crippen LogP contribution in [0.1, 0.15) is 36.5 Å². The molecule has 5 rings (SSSR count). The van der Waals surface area contributed by atoms with E-state index in [1.54, 1.807) is 25.3 Å². The molecule has 1 aliphatic heterocycles. The Balaban J connectivity index is 1.35. The number of thioether (sulfide) groups is 1. The minimum Gasteiger partial charge on any atom is -0.497 e. The van der Waals surface area contributed by atoms with Crippen LogP contribution in [0.2, 0.25) is 0 Å². The van der Waals surface area contributed by atoms with Gasteiger partial charge in [0.1, 0.15) is 17.8 Å². The first-order valence-corrected chi connectivity index (χ1v) is 14.7. The van der Waals surface area contributed by atoms with Crippen molar-refractivity contribution in [2.45, 2.75) is 40.0 Å². The van der Waals surface area contributed by atoms with Gasteiger partial charge in [-0.05, 0) is 78.9 Å². The van der Waals surface area contributed by atoms with E-state index < -0.39 is 12.4 Å². The summed E-state index contributed by atoms with van der Waals surface area (Å²) in [7, 11) is 1.55. The molecular formula is C31H29F3N6O4S. The minimum atomic E-state index is -4.78. The number of nitrogens with one attached hydrogen (secondary N) is 1. The third-order valence-electron chi connectivity index (χ3n) is 6.91. The molecule has 3 amide bonds. The number of aliphatic imine (C=N–C) groups is 1. The zero-order valence-electron chi connectivity index (χ0n) is 25.0. The van der Waals surface area contributed by atoms with E-state index >= 15 is 0 Å². The summed E-state index contributed by atoms with van der Waals surface area (Å²) in [4.78, 5) is 36.1. The zero-order valence-corrected chi connectivity index (χ0v) is 25.8. The normalized spacial score (nSPS) is 14.4. The van der Waals surface area contributed by atoms with Crippen LogP contribution in [0, 0.1) is 13.8 Å². The number of methoxy groups -OCH3 is 1. The fourth-order valence-corrected chi connectivity index (χ4v) is 5.70. The summed E-state index contributed by atoms with van der Waals surface area (Å²) in [5, 5.41) is 7.57. The van der Waals surface area contributed by atoms with Crippen LogP contribution >= 0.6 is 11.8 Å². The first-order chi connectivity index (χ1) is 21.3. The Morgan fingerprint density at radius 3 is 2.33 bits per heavy atom. The molecule has 0 radical (unpaired) electrons. The molecule has 3 aromatic carbocycles. The van der Waals surface area contributed by atoms with E-state index in [0.29, 0.717) is 34.2 Å². The maximum absolute atomic E-state index is 13.1. The third kappa shape index (κ3) is 7.11. The molecule has 1 fully saturated rings. The summed E-state index contributed by atoms with van der Waals surface area (Å²) in [6.07, 6.45) is -3.33. The van der Waals surface area contributed by atoms with Crippen molar-refractivity contribution in [3.63, 3.8) is 0 Å². The van der Waals surface area contributed by atoms with Gasteiger partial charge in [-0.25, -0.2) is 14.5 Å². The zero-order chi connectivity index (χ0) is 32.5. The van der Waals surface area contributed by atoms with Gasteiger partial charge in [-0.3, -0.25) is 9.69 Å². The Bertz CT molecular complexity index is 1760. The van der Waals surface area contributed by atoms with Crippen LogP contribution in [-0.2, 0) is 4.79 Å². The molecule has 45 heavy (non-hydrogen) atoms. The monoisotopic (exact) mass is 638 g/mol. The second-order valence-corrected chi connectivity index (χ2v) is 11.4. The van der Waals surface area contributed by atoms with Crippen LogP contribution in [-0.4, -0.2) is 51.1 Å². The van der Waals surface area contributed by atoms with E-state index in [9.17, 15) is 22.8 Å². The lowest BCUT2D eigenvalue weighted by Gasteiger charge is -2.22. The summed E-state index contributed by atoms with van der Waals surface area (Å²) in [6, 6.07) is 13.7. The number of aryl methyl sites for hydroxylation is 2. The van der Waals surface area contributed by atoms with Crippen molar-refractivity contribution in [1.29, 1.82) is 0 Å². The number of halogens is 3. The molecule has 4 aromatic rings. The number of amides is 3. The van der Waals surface area contributed by atoms with Crippen molar-refractivity contribution in [1.82, 2.24) is 14.8 Å². The van der Waals surface area contributed by atoms with Crippen molar-refractivity contribution in [3.8, 4) is 28.6 Å². The molecule has 1 saturated heterocycles. The first kappa shape index (κ1) is 31.6. The number of carbonyl (C=O) groups excluding carboxylic acids is 2. The highest BCUT2D eigenvalue weighted by Crippen LogP contribution is 2.36. The molecule has 0 atom stereocenters. The number of rotatable bonds is 7. The number of hydrogen-bond acceptors (Lipinski definition) is 7. The lowest BCUT2D eigenvalue weighted by molar-refractivity contribution is -0.274. The second kappa shape index (κ2) is 12.6. The van der Waals surface area contributed by atoms with E-state index in [1.165, 1.54) is 51.9 Å². The molecule has 0 unspecified atom stereocenters. The predicted octanol–water partition coefficient (Wildman–Crippen LogP) is 7.25. The molecule has 0 aliphatic carbocycles. The maximum atomic E-state index is 13.1. The van der Waals surface area contributed by atoms with Crippen LogP contribution < -0.4 is 19.7 Å². The topological polar surface area (TPSA) is 111 Å². The van der Waals surface area contributed by atoms with Crippen molar-refractivity contribution < 1.29 is 32.2 Å². The summed E-state index contributed by atoms with van der Waals surface area (Å²) in [5.74, 6) is 0.705. The number of urea groups is 1. The Morgan fingerprint density at radius 2 is 1.71 bits per heavy atom. The van der Waals surface area contributed by atoms with Gasteiger partial charge in [0.15, 0.2) is 11.0 Å². The van der Waals surface area contributed by atoms with Gasteiger partial charge < -0.3 is 14.8 Å². The predicted molar refractivity (Wildman–Crippen MR) is 166 cm³/mol. The molecule has 1 aromatic heterocycles. The van der Waals surface area contributed by atoms with Crippen LogP contribution in [0.4, 0.5) is 29.3 Å². The molecule has 2 heterocycles.